The third kappa shape index (κ3) is 6.23. The number of ether oxygens (including phenoxy) is 1. The number of allylic oxidation sites excluding steroid dienone is 1. The number of aliphatic hydroxyl groups is 1. The smallest absolute Gasteiger partial charge is 0.248 e. The molecule has 0 aromatic heterocycles. The first-order valence-corrected chi connectivity index (χ1v) is 9.51. The lowest BCUT2D eigenvalue weighted by atomic mass is 10.00. The van der Waals surface area contributed by atoms with Crippen LogP contribution in [-0.4, -0.2) is 29.3 Å². The third-order valence-corrected chi connectivity index (χ3v) is 4.74. The molecule has 0 saturated carbocycles. The van der Waals surface area contributed by atoms with Gasteiger partial charge in [0, 0.05) is 16.2 Å². The van der Waals surface area contributed by atoms with Crippen LogP contribution in [0.3, 0.4) is 0 Å². The fraction of sp³-hybridized carbons (Fsp3) is 0.250. The minimum absolute atomic E-state index is 0.0281. The van der Waals surface area contributed by atoms with Crippen LogP contribution in [0.25, 0.3) is 0 Å². The first-order chi connectivity index (χ1) is 12.9. The number of hydrogen-bond acceptors (Lipinski definition) is 5. The van der Waals surface area contributed by atoms with E-state index in [1.54, 1.807) is 48.5 Å². The Morgan fingerprint density at radius 1 is 1.33 bits per heavy atom. The summed E-state index contributed by atoms with van der Waals surface area (Å²) in [4.78, 5) is 11.9. The minimum atomic E-state index is -0.962. The van der Waals surface area contributed by atoms with Gasteiger partial charge in [-0.05, 0) is 71.8 Å². The van der Waals surface area contributed by atoms with E-state index in [0.717, 1.165) is 3.57 Å². The summed E-state index contributed by atoms with van der Waals surface area (Å²) in [5.74, 6) is -0.252. The number of nitrogens with two attached hydrogens (primary N) is 1. The average Bonchev–Trinajstić information content (AvgIpc) is 2.65. The highest BCUT2D eigenvalue weighted by molar-refractivity contribution is 14.1. The van der Waals surface area contributed by atoms with Crippen molar-refractivity contribution < 1.29 is 19.7 Å². The number of nitrogen functional groups attached to an aromatic ring is 1. The minimum Gasteiger partial charge on any atom is -0.508 e. The zero-order valence-corrected chi connectivity index (χ0v) is 17.1. The highest BCUT2D eigenvalue weighted by atomic mass is 127. The summed E-state index contributed by atoms with van der Waals surface area (Å²) in [5, 5.41) is 23.2. The first kappa shape index (κ1) is 21.2. The van der Waals surface area contributed by atoms with Crippen molar-refractivity contribution in [3.8, 4) is 5.75 Å². The van der Waals surface area contributed by atoms with Gasteiger partial charge < -0.3 is 26.0 Å². The number of phenols is 1. The van der Waals surface area contributed by atoms with Gasteiger partial charge in [0.2, 0.25) is 5.91 Å². The van der Waals surface area contributed by atoms with Crippen molar-refractivity contribution in [3.63, 3.8) is 0 Å². The van der Waals surface area contributed by atoms with E-state index in [1.807, 2.05) is 0 Å². The van der Waals surface area contributed by atoms with Gasteiger partial charge in [-0.25, -0.2) is 0 Å². The van der Waals surface area contributed by atoms with Crippen molar-refractivity contribution in [3.05, 3.63) is 63.8 Å². The van der Waals surface area contributed by atoms with E-state index < -0.39 is 12.2 Å². The molecule has 2 rings (SSSR count). The molecule has 27 heavy (non-hydrogen) atoms. The second kappa shape index (κ2) is 10.3. The second-order valence-corrected chi connectivity index (χ2v) is 7.22. The molecular formula is C20H23IN2O4. The van der Waals surface area contributed by atoms with Crippen LogP contribution in [0.2, 0.25) is 0 Å². The molecule has 0 spiro atoms. The molecule has 2 aromatic carbocycles. The number of para-hydroxylation sites is 2. The first-order valence-electron chi connectivity index (χ1n) is 8.43. The Hall–Kier alpha value is -2.10. The van der Waals surface area contributed by atoms with Crippen LogP contribution in [0, 0.1) is 3.57 Å². The van der Waals surface area contributed by atoms with E-state index in [1.165, 1.54) is 13.2 Å². The number of rotatable bonds is 8. The normalized spacial score (nSPS) is 13.4. The van der Waals surface area contributed by atoms with E-state index >= 15 is 0 Å². The molecule has 7 heteroatoms. The van der Waals surface area contributed by atoms with Gasteiger partial charge in [0.05, 0.1) is 17.5 Å². The lowest BCUT2D eigenvalue weighted by Crippen LogP contribution is -2.21. The standard InChI is InChI=1S/C20H23IN2O4/c1-27-18(20(26)14-12-13(21)10-11-17(14)24)8-4-5-9-19(25)23-16-7-3-2-6-15(16)22/h2-3,5-7,9-12,18,20,24,26H,4,8,22H2,1H3,(H,23,25)/b9-5+/t18-,20-/m1/s1. The number of aliphatic hydroxyl groups excluding tert-OH is 1. The molecule has 6 nitrogen and oxygen atoms in total. The van der Waals surface area contributed by atoms with Gasteiger partial charge >= 0.3 is 0 Å². The molecular weight excluding hydrogens is 459 g/mol. The van der Waals surface area contributed by atoms with Crippen LogP contribution >= 0.6 is 22.6 Å². The maximum absolute atomic E-state index is 11.9. The molecule has 144 valence electrons. The van der Waals surface area contributed by atoms with Crippen molar-refractivity contribution in [2.45, 2.75) is 25.0 Å². The predicted octanol–water partition coefficient (Wildman–Crippen LogP) is 3.60. The van der Waals surface area contributed by atoms with Gasteiger partial charge in [0.15, 0.2) is 0 Å². The Morgan fingerprint density at radius 3 is 2.78 bits per heavy atom. The van der Waals surface area contributed by atoms with Crippen molar-refractivity contribution >= 4 is 39.9 Å². The Balaban J connectivity index is 1.90. The summed E-state index contributed by atoms with van der Waals surface area (Å²) < 4.78 is 6.27. The molecule has 2 aromatic rings. The maximum atomic E-state index is 11.9. The van der Waals surface area contributed by atoms with E-state index in [-0.39, 0.29) is 11.7 Å². The summed E-state index contributed by atoms with van der Waals surface area (Å²) in [5.41, 5.74) is 7.28. The topological polar surface area (TPSA) is 105 Å². The maximum Gasteiger partial charge on any atom is 0.248 e. The van der Waals surface area contributed by atoms with Crippen molar-refractivity contribution in [2.75, 3.05) is 18.2 Å². The van der Waals surface area contributed by atoms with Crippen molar-refractivity contribution in [1.82, 2.24) is 0 Å². The molecule has 0 heterocycles. The predicted molar refractivity (Wildman–Crippen MR) is 114 cm³/mol. The van der Waals surface area contributed by atoms with Crippen LogP contribution in [0.15, 0.2) is 54.6 Å². The Labute approximate surface area is 172 Å². The molecule has 0 aliphatic carbocycles. The van der Waals surface area contributed by atoms with Crippen LogP contribution in [0.5, 0.6) is 5.75 Å². The lowest BCUT2D eigenvalue weighted by Gasteiger charge is -2.22. The lowest BCUT2D eigenvalue weighted by molar-refractivity contribution is -0.111. The van der Waals surface area contributed by atoms with Crippen molar-refractivity contribution in [1.29, 1.82) is 0 Å². The number of anilines is 2. The Morgan fingerprint density at radius 2 is 2.07 bits per heavy atom. The Kier molecular flexibility index (Phi) is 8.08. The molecule has 0 unspecified atom stereocenters. The summed E-state index contributed by atoms with van der Waals surface area (Å²) in [6.07, 6.45) is 2.68. The monoisotopic (exact) mass is 482 g/mol. The zero-order chi connectivity index (χ0) is 19.8. The quantitative estimate of drug-likeness (QED) is 0.262. The number of hydrogen-bond donors (Lipinski definition) is 4. The number of phenolic OH excluding ortho intramolecular Hbond substituents is 1. The largest absolute Gasteiger partial charge is 0.508 e. The van der Waals surface area contributed by atoms with Gasteiger partial charge in [0.1, 0.15) is 11.9 Å². The molecule has 0 aliphatic rings. The highest BCUT2D eigenvalue weighted by Crippen LogP contribution is 2.30. The number of carbonyl (C=O) groups is 1. The van der Waals surface area contributed by atoms with E-state index in [2.05, 4.69) is 27.9 Å². The number of carbonyl (C=O) groups excluding carboxylic acids is 1. The molecule has 0 saturated heterocycles. The number of amides is 1. The SMILES string of the molecule is CO[C@H](CC/C=C/C(=O)Nc1ccccc1N)[C@H](O)c1cc(I)ccc1O. The van der Waals surface area contributed by atoms with E-state index in [4.69, 9.17) is 10.5 Å². The Bertz CT molecular complexity index is 810. The second-order valence-electron chi connectivity index (χ2n) is 5.98. The summed E-state index contributed by atoms with van der Waals surface area (Å²) in [6, 6.07) is 12.1. The number of aromatic hydroxyl groups is 1. The molecule has 5 N–H and O–H groups in total. The number of methoxy groups -OCH3 is 1. The third-order valence-electron chi connectivity index (χ3n) is 4.07. The van der Waals surface area contributed by atoms with Gasteiger partial charge in [-0.2, -0.15) is 0 Å². The summed E-state index contributed by atoms with van der Waals surface area (Å²) in [6.45, 7) is 0. The van der Waals surface area contributed by atoms with Gasteiger partial charge in [-0.15, -0.1) is 0 Å². The fourth-order valence-electron chi connectivity index (χ4n) is 2.60. The van der Waals surface area contributed by atoms with Crippen LogP contribution in [0.4, 0.5) is 11.4 Å². The average molecular weight is 482 g/mol. The number of nitrogens with one attached hydrogen (secondary N) is 1. The molecule has 0 bridgehead atoms. The van der Waals surface area contributed by atoms with E-state index in [9.17, 15) is 15.0 Å². The highest BCUT2D eigenvalue weighted by Gasteiger charge is 2.22. The van der Waals surface area contributed by atoms with Crippen LogP contribution in [0.1, 0.15) is 24.5 Å². The molecule has 0 radical (unpaired) electrons. The number of benzene rings is 2. The zero-order valence-electron chi connectivity index (χ0n) is 14.9. The van der Waals surface area contributed by atoms with E-state index in [0.29, 0.717) is 29.8 Å². The van der Waals surface area contributed by atoms with Crippen LogP contribution < -0.4 is 11.1 Å². The molecule has 0 fully saturated rings. The summed E-state index contributed by atoms with van der Waals surface area (Å²) >= 11 is 2.12. The van der Waals surface area contributed by atoms with Gasteiger partial charge in [-0.1, -0.05) is 18.2 Å². The molecule has 2 atom stereocenters. The van der Waals surface area contributed by atoms with Crippen molar-refractivity contribution in [2.24, 2.45) is 0 Å². The molecule has 1 amide bonds. The van der Waals surface area contributed by atoms with Crippen LogP contribution in [-0.2, 0) is 9.53 Å². The fourth-order valence-corrected chi connectivity index (χ4v) is 3.12. The molecule has 0 aliphatic heterocycles. The van der Waals surface area contributed by atoms with Gasteiger partial charge in [-0.3, -0.25) is 4.79 Å². The summed E-state index contributed by atoms with van der Waals surface area (Å²) in [7, 11) is 1.51. The van der Waals surface area contributed by atoms with Gasteiger partial charge in [0.25, 0.3) is 0 Å². The number of halogens is 1.